The highest BCUT2D eigenvalue weighted by molar-refractivity contribution is 7.98. The van der Waals surface area contributed by atoms with Crippen LogP contribution in [-0.4, -0.2) is 19.9 Å². The van der Waals surface area contributed by atoms with Crippen LogP contribution in [0.4, 0.5) is 0 Å². The summed E-state index contributed by atoms with van der Waals surface area (Å²) in [6.07, 6.45) is 0. The lowest BCUT2D eigenvalue weighted by Gasteiger charge is -2.10. The molecule has 0 unspecified atom stereocenters. The number of hydrogen-bond donors (Lipinski definition) is 0. The van der Waals surface area contributed by atoms with Crippen molar-refractivity contribution in [1.29, 1.82) is 0 Å². The van der Waals surface area contributed by atoms with Crippen molar-refractivity contribution in [1.82, 2.24) is 19.9 Å². The number of aromatic nitrogens is 4. The Morgan fingerprint density at radius 3 is 2.41 bits per heavy atom. The second-order valence-electron chi connectivity index (χ2n) is 6.21. The summed E-state index contributed by atoms with van der Waals surface area (Å²) in [6.45, 7) is 3.97. The summed E-state index contributed by atoms with van der Waals surface area (Å²) in [5.74, 6) is 2.22. The molecule has 0 bridgehead atoms. The van der Waals surface area contributed by atoms with Crippen LogP contribution in [0.3, 0.4) is 0 Å². The van der Waals surface area contributed by atoms with Gasteiger partial charge >= 0.3 is 0 Å². The fraction of sp³-hybridized carbons (Fsp3) is 0.150. The highest BCUT2D eigenvalue weighted by Gasteiger charge is 2.17. The first-order chi connectivity index (χ1) is 13.1. The van der Waals surface area contributed by atoms with Crippen molar-refractivity contribution in [2.75, 3.05) is 0 Å². The zero-order valence-corrected chi connectivity index (χ0v) is 16.5. The Morgan fingerprint density at radius 2 is 1.74 bits per heavy atom. The van der Waals surface area contributed by atoms with E-state index in [2.05, 4.69) is 46.5 Å². The minimum Gasteiger partial charge on any atom is -0.360 e. The van der Waals surface area contributed by atoms with Crippen LogP contribution in [0.25, 0.3) is 17.1 Å². The van der Waals surface area contributed by atoms with Gasteiger partial charge in [-0.3, -0.25) is 4.57 Å². The number of nitrogens with zero attached hydrogens (tertiary/aromatic N) is 4. The molecule has 0 N–H and O–H groups in total. The van der Waals surface area contributed by atoms with Gasteiger partial charge in [0.05, 0.1) is 11.4 Å². The van der Waals surface area contributed by atoms with Gasteiger partial charge in [-0.1, -0.05) is 58.3 Å². The van der Waals surface area contributed by atoms with Crippen LogP contribution in [0.1, 0.15) is 17.0 Å². The summed E-state index contributed by atoms with van der Waals surface area (Å²) in [7, 11) is 0. The molecule has 2 heterocycles. The predicted octanol–water partition coefficient (Wildman–Crippen LogP) is 5.48. The predicted molar refractivity (Wildman–Crippen MR) is 107 cm³/mol. The normalized spacial score (nSPS) is 11.1. The molecule has 0 saturated heterocycles. The van der Waals surface area contributed by atoms with Crippen molar-refractivity contribution in [3.63, 3.8) is 0 Å². The Bertz CT molecular complexity index is 1050. The number of aryl methyl sites for hydroxylation is 2. The Kier molecular flexibility index (Phi) is 5.01. The average Bonchev–Trinajstić information content (AvgIpc) is 3.27. The zero-order chi connectivity index (χ0) is 18.8. The lowest BCUT2D eigenvalue weighted by Crippen LogP contribution is -1.99. The molecule has 0 amide bonds. The molecule has 0 fully saturated rings. The van der Waals surface area contributed by atoms with Gasteiger partial charge < -0.3 is 4.52 Å². The van der Waals surface area contributed by atoms with E-state index in [4.69, 9.17) is 16.1 Å². The molecule has 7 heteroatoms. The number of rotatable bonds is 5. The Balaban J connectivity index is 1.74. The molecule has 0 atom stereocenters. The van der Waals surface area contributed by atoms with E-state index in [0.29, 0.717) is 10.8 Å². The maximum atomic E-state index is 6.07. The molecule has 0 aliphatic heterocycles. The second-order valence-corrected chi connectivity index (χ2v) is 7.59. The maximum absolute atomic E-state index is 6.07. The highest BCUT2D eigenvalue weighted by Crippen LogP contribution is 2.30. The van der Waals surface area contributed by atoms with E-state index in [-0.39, 0.29) is 0 Å². The quantitative estimate of drug-likeness (QED) is 0.418. The van der Waals surface area contributed by atoms with Crippen LogP contribution >= 0.6 is 23.4 Å². The van der Waals surface area contributed by atoms with Crippen molar-refractivity contribution in [2.24, 2.45) is 0 Å². The molecule has 0 saturated carbocycles. The minimum atomic E-state index is 0.625. The SMILES string of the molecule is Cc1ccc(-c2nnc(SCc3cc(C)no3)n2-c2ccc(Cl)cc2)cc1. The number of hydrogen-bond acceptors (Lipinski definition) is 5. The molecule has 0 radical (unpaired) electrons. The third-order valence-corrected chi connectivity index (χ3v) is 5.25. The van der Waals surface area contributed by atoms with Crippen LogP contribution in [0.2, 0.25) is 5.02 Å². The summed E-state index contributed by atoms with van der Waals surface area (Å²) in [5.41, 5.74) is 4.03. The smallest absolute Gasteiger partial charge is 0.196 e. The number of benzene rings is 2. The first-order valence-corrected chi connectivity index (χ1v) is 9.80. The molecule has 136 valence electrons. The third-order valence-electron chi connectivity index (χ3n) is 4.05. The molecule has 27 heavy (non-hydrogen) atoms. The Labute approximate surface area is 166 Å². The van der Waals surface area contributed by atoms with Gasteiger partial charge in [0.2, 0.25) is 0 Å². The van der Waals surface area contributed by atoms with Crippen LogP contribution in [0.5, 0.6) is 0 Å². The Hall–Kier alpha value is -2.57. The van der Waals surface area contributed by atoms with E-state index in [0.717, 1.165) is 33.7 Å². The summed E-state index contributed by atoms with van der Waals surface area (Å²) >= 11 is 7.62. The topological polar surface area (TPSA) is 56.7 Å². The standard InChI is InChI=1S/C20H17ClN4OS/c1-13-3-5-15(6-4-13)19-22-23-20(27-12-18-11-14(2)24-26-18)25(19)17-9-7-16(21)8-10-17/h3-11H,12H2,1-2H3. The van der Waals surface area contributed by atoms with Crippen molar-refractivity contribution < 1.29 is 4.52 Å². The number of halogens is 1. The molecular formula is C20H17ClN4OS. The van der Waals surface area contributed by atoms with Gasteiger partial charge in [-0.25, -0.2) is 0 Å². The van der Waals surface area contributed by atoms with Gasteiger partial charge in [0.15, 0.2) is 11.0 Å². The molecule has 0 aliphatic carbocycles. The van der Waals surface area contributed by atoms with E-state index >= 15 is 0 Å². The van der Waals surface area contributed by atoms with Gasteiger partial charge in [-0.05, 0) is 38.1 Å². The molecule has 5 nitrogen and oxygen atoms in total. The van der Waals surface area contributed by atoms with Gasteiger partial charge in [0, 0.05) is 22.3 Å². The van der Waals surface area contributed by atoms with Crippen molar-refractivity contribution in [2.45, 2.75) is 24.8 Å². The van der Waals surface area contributed by atoms with Gasteiger partial charge in [0.1, 0.15) is 5.76 Å². The molecule has 4 aromatic rings. The third kappa shape index (κ3) is 3.91. The average molecular weight is 397 g/mol. The monoisotopic (exact) mass is 396 g/mol. The van der Waals surface area contributed by atoms with Crippen molar-refractivity contribution >= 4 is 23.4 Å². The number of thioether (sulfide) groups is 1. The summed E-state index contributed by atoms with van der Waals surface area (Å²) in [5, 5.41) is 14.3. The van der Waals surface area contributed by atoms with E-state index < -0.39 is 0 Å². The van der Waals surface area contributed by atoms with Crippen LogP contribution in [0.15, 0.2) is 64.3 Å². The van der Waals surface area contributed by atoms with E-state index in [1.807, 2.05) is 41.8 Å². The van der Waals surface area contributed by atoms with Crippen molar-refractivity contribution in [3.05, 3.63) is 76.6 Å². The molecule has 0 aliphatic rings. The summed E-state index contributed by atoms with van der Waals surface area (Å²) in [6, 6.07) is 17.8. The fourth-order valence-corrected chi connectivity index (χ4v) is 3.65. The van der Waals surface area contributed by atoms with Crippen LogP contribution < -0.4 is 0 Å². The van der Waals surface area contributed by atoms with E-state index in [1.165, 1.54) is 5.56 Å². The van der Waals surface area contributed by atoms with E-state index in [1.54, 1.807) is 11.8 Å². The van der Waals surface area contributed by atoms with Crippen molar-refractivity contribution in [3.8, 4) is 17.1 Å². The molecule has 0 spiro atoms. The minimum absolute atomic E-state index is 0.625. The van der Waals surface area contributed by atoms with Gasteiger partial charge in [-0.15, -0.1) is 10.2 Å². The van der Waals surface area contributed by atoms with Crippen LogP contribution in [0, 0.1) is 13.8 Å². The van der Waals surface area contributed by atoms with Gasteiger partial charge in [0.25, 0.3) is 0 Å². The second kappa shape index (κ2) is 7.58. The lowest BCUT2D eigenvalue weighted by molar-refractivity contribution is 0.391. The zero-order valence-electron chi connectivity index (χ0n) is 14.9. The highest BCUT2D eigenvalue weighted by atomic mass is 35.5. The molecular weight excluding hydrogens is 380 g/mol. The van der Waals surface area contributed by atoms with E-state index in [9.17, 15) is 0 Å². The summed E-state index contributed by atoms with van der Waals surface area (Å²) in [4.78, 5) is 0. The molecule has 2 aromatic carbocycles. The molecule has 4 rings (SSSR count). The maximum Gasteiger partial charge on any atom is 0.196 e. The first-order valence-electron chi connectivity index (χ1n) is 8.43. The Morgan fingerprint density at radius 1 is 1.00 bits per heavy atom. The molecule has 2 aromatic heterocycles. The summed E-state index contributed by atoms with van der Waals surface area (Å²) < 4.78 is 7.34. The largest absolute Gasteiger partial charge is 0.360 e. The van der Waals surface area contributed by atoms with Crippen LogP contribution in [-0.2, 0) is 5.75 Å². The first kappa shape index (κ1) is 17.8. The van der Waals surface area contributed by atoms with Gasteiger partial charge in [-0.2, -0.15) is 0 Å². The lowest BCUT2D eigenvalue weighted by atomic mass is 10.1. The fourth-order valence-electron chi connectivity index (χ4n) is 2.70.